The molecule has 7 heteroatoms. The van der Waals surface area contributed by atoms with E-state index in [1.54, 1.807) is 6.92 Å². The predicted octanol–water partition coefficient (Wildman–Crippen LogP) is -0.561. The lowest BCUT2D eigenvalue weighted by molar-refractivity contribution is -0.175. The van der Waals surface area contributed by atoms with E-state index in [4.69, 9.17) is 10.2 Å². The molecule has 0 bridgehead atoms. The second-order valence-corrected chi connectivity index (χ2v) is 4.01. The molecule has 0 saturated heterocycles. The van der Waals surface area contributed by atoms with Gasteiger partial charge in [0, 0.05) is 5.56 Å². The van der Waals surface area contributed by atoms with E-state index in [1.165, 1.54) is 24.3 Å². The van der Waals surface area contributed by atoms with Crippen LogP contribution in [0.2, 0.25) is 0 Å². The number of carbonyl (C=O) groups is 3. The van der Waals surface area contributed by atoms with Crippen molar-refractivity contribution in [3.8, 4) is 0 Å². The number of ketones is 1. The van der Waals surface area contributed by atoms with Crippen LogP contribution in [0, 0.1) is 6.92 Å². The van der Waals surface area contributed by atoms with Crippen LogP contribution in [0.4, 0.5) is 0 Å². The lowest BCUT2D eigenvalue weighted by Crippen LogP contribution is -2.58. The summed E-state index contributed by atoms with van der Waals surface area (Å²) in [6, 6.07) is 5.45. The van der Waals surface area contributed by atoms with Crippen molar-refractivity contribution in [1.29, 1.82) is 0 Å². The highest BCUT2D eigenvalue weighted by Gasteiger charge is 2.54. The van der Waals surface area contributed by atoms with Crippen LogP contribution in [-0.2, 0) is 9.59 Å². The molecule has 0 saturated carbocycles. The molecule has 0 aromatic heterocycles. The Bertz CT molecular complexity index is 519. The number of carbonyl (C=O) groups excluding carboxylic acids is 1. The number of aliphatic hydroxyl groups is 2. The van der Waals surface area contributed by atoms with E-state index >= 15 is 0 Å². The first-order valence-electron chi connectivity index (χ1n) is 5.19. The quantitative estimate of drug-likeness (QED) is 0.415. The number of carboxylic acids is 2. The van der Waals surface area contributed by atoms with Gasteiger partial charge in [0.2, 0.25) is 5.78 Å². The Morgan fingerprint density at radius 1 is 1.11 bits per heavy atom. The molecule has 1 rings (SSSR count). The van der Waals surface area contributed by atoms with Crippen molar-refractivity contribution in [2.45, 2.75) is 18.6 Å². The lowest BCUT2D eigenvalue weighted by Gasteiger charge is -2.24. The van der Waals surface area contributed by atoms with Crippen LogP contribution in [0.1, 0.15) is 15.9 Å². The van der Waals surface area contributed by atoms with E-state index in [-0.39, 0.29) is 5.56 Å². The predicted molar refractivity (Wildman–Crippen MR) is 61.7 cm³/mol. The maximum atomic E-state index is 11.9. The molecule has 19 heavy (non-hydrogen) atoms. The number of hydrogen-bond acceptors (Lipinski definition) is 5. The molecule has 2 unspecified atom stereocenters. The fraction of sp³-hybridized carbons (Fsp3) is 0.250. The van der Waals surface area contributed by atoms with E-state index in [0.717, 1.165) is 5.56 Å². The molecule has 0 fully saturated rings. The van der Waals surface area contributed by atoms with E-state index in [9.17, 15) is 24.6 Å². The second-order valence-electron chi connectivity index (χ2n) is 4.01. The molecule has 0 amide bonds. The molecule has 2 atom stereocenters. The largest absolute Gasteiger partial charge is 0.479 e. The first-order valence-corrected chi connectivity index (χ1v) is 5.19. The Balaban J connectivity index is 3.27. The van der Waals surface area contributed by atoms with E-state index < -0.39 is 29.4 Å². The minimum atomic E-state index is -3.43. The van der Waals surface area contributed by atoms with Crippen LogP contribution in [0.25, 0.3) is 0 Å². The van der Waals surface area contributed by atoms with Crippen molar-refractivity contribution in [2.24, 2.45) is 0 Å². The average Bonchev–Trinajstić information content (AvgIpc) is 2.36. The molecule has 1 aromatic carbocycles. The minimum absolute atomic E-state index is 0.212. The van der Waals surface area contributed by atoms with Gasteiger partial charge in [-0.3, -0.25) is 4.79 Å². The number of benzene rings is 1. The van der Waals surface area contributed by atoms with Crippen molar-refractivity contribution in [3.05, 3.63) is 35.4 Å². The first-order chi connectivity index (χ1) is 8.71. The Morgan fingerprint density at radius 3 is 1.95 bits per heavy atom. The van der Waals surface area contributed by atoms with Crippen molar-refractivity contribution in [3.63, 3.8) is 0 Å². The number of rotatable bonds is 5. The zero-order valence-corrected chi connectivity index (χ0v) is 9.90. The summed E-state index contributed by atoms with van der Waals surface area (Å²) in [7, 11) is 0. The molecule has 4 N–H and O–H groups in total. The van der Waals surface area contributed by atoms with Crippen LogP contribution in [0.15, 0.2) is 24.3 Å². The third kappa shape index (κ3) is 2.61. The zero-order chi connectivity index (χ0) is 14.8. The van der Waals surface area contributed by atoms with E-state index in [0.29, 0.717) is 0 Å². The molecule has 7 nitrogen and oxygen atoms in total. The third-order valence-corrected chi connectivity index (χ3v) is 2.62. The number of carboxylic acid groups (broad SMARTS) is 2. The smallest absolute Gasteiger partial charge is 0.347 e. The number of Topliss-reactive ketones (excluding diaryl/α,β-unsaturated/α-hetero) is 1. The topological polar surface area (TPSA) is 132 Å². The van der Waals surface area contributed by atoms with Crippen LogP contribution in [0.5, 0.6) is 0 Å². The fourth-order valence-electron chi connectivity index (χ4n) is 1.44. The van der Waals surface area contributed by atoms with Gasteiger partial charge in [0.25, 0.3) is 5.60 Å². The van der Waals surface area contributed by atoms with E-state index in [1.807, 2.05) is 0 Å². The van der Waals surface area contributed by atoms with Gasteiger partial charge >= 0.3 is 11.9 Å². The number of hydrogen-bond donors (Lipinski definition) is 4. The normalized spacial score (nSPS) is 15.3. The van der Waals surface area contributed by atoms with Crippen molar-refractivity contribution in [1.82, 2.24) is 0 Å². The standard InChI is InChI=1S/C12H12O7/c1-6-2-4-7(5-3-6)8(13)12(19,11(17)18)9(14)10(15)16/h2-5,9,14,19H,1H3,(H,15,16)(H,17,18). The van der Waals surface area contributed by atoms with Gasteiger partial charge in [-0.25, -0.2) is 9.59 Å². The summed E-state index contributed by atoms with van der Waals surface area (Å²) in [5.74, 6) is -5.53. The summed E-state index contributed by atoms with van der Waals surface area (Å²) in [5, 5.41) is 36.4. The maximum absolute atomic E-state index is 11.9. The van der Waals surface area contributed by atoms with Gasteiger partial charge in [-0.1, -0.05) is 29.8 Å². The lowest BCUT2D eigenvalue weighted by atomic mass is 9.87. The number of aliphatic hydroxyl groups excluding tert-OH is 1. The number of aryl methyl sites for hydroxylation is 1. The van der Waals surface area contributed by atoms with Crippen LogP contribution < -0.4 is 0 Å². The SMILES string of the molecule is Cc1ccc(C(=O)C(O)(C(=O)O)C(O)C(=O)O)cc1. The Kier molecular flexibility index (Phi) is 4.03. The van der Waals surface area contributed by atoms with Crippen LogP contribution in [-0.4, -0.2) is 49.9 Å². The highest BCUT2D eigenvalue weighted by molar-refractivity contribution is 6.17. The summed E-state index contributed by atoms with van der Waals surface area (Å²) in [6.07, 6.45) is -2.76. The molecule has 0 aliphatic heterocycles. The van der Waals surface area contributed by atoms with Crippen molar-refractivity contribution >= 4 is 17.7 Å². The molecule has 0 aliphatic carbocycles. The maximum Gasteiger partial charge on any atom is 0.347 e. The fourth-order valence-corrected chi connectivity index (χ4v) is 1.44. The van der Waals surface area contributed by atoms with Gasteiger partial charge in [0.05, 0.1) is 0 Å². The molecule has 0 heterocycles. The van der Waals surface area contributed by atoms with Gasteiger partial charge < -0.3 is 20.4 Å². The van der Waals surface area contributed by atoms with Crippen LogP contribution >= 0.6 is 0 Å². The molecule has 0 aliphatic rings. The van der Waals surface area contributed by atoms with Gasteiger partial charge in [-0.2, -0.15) is 0 Å². The molecule has 0 spiro atoms. The minimum Gasteiger partial charge on any atom is -0.479 e. The highest BCUT2D eigenvalue weighted by atomic mass is 16.4. The summed E-state index contributed by atoms with van der Waals surface area (Å²) in [6.45, 7) is 1.73. The molecule has 102 valence electrons. The second kappa shape index (κ2) is 5.17. The van der Waals surface area contributed by atoms with Gasteiger partial charge in [0.1, 0.15) is 0 Å². The summed E-state index contributed by atoms with van der Waals surface area (Å²) >= 11 is 0. The summed E-state index contributed by atoms with van der Waals surface area (Å²) in [4.78, 5) is 33.5. The van der Waals surface area contributed by atoms with Gasteiger partial charge in [0.15, 0.2) is 6.10 Å². The molecular weight excluding hydrogens is 256 g/mol. The average molecular weight is 268 g/mol. The monoisotopic (exact) mass is 268 g/mol. The van der Waals surface area contributed by atoms with Gasteiger partial charge in [-0.15, -0.1) is 0 Å². The number of aliphatic carboxylic acids is 2. The molecule has 1 aromatic rings. The van der Waals surface area contributed by atoms with E-state index in [2.05, 4.69) is 0 Å². The Morgan fingerprint density at radius 2 is 1.58 bits per heavy atom. The summed E-state index contributed by atoms with van der Waals surface area (Å²) < 4.78 is 0. The molecular formula is C12H12O7. The Hall–Kier alpha value is -2.25. The zero-order valence-electron chi connectivity index (χ0n) is 9.90. The first kappa shape index (κ1) is 14.8. The van der Waals surface area contributed by atoms with Crippen molar-refractivity contribution in [2.75, 3.05) is 0 Å². The highest BCUT2D eigenvalue weighted by Crippen LogP contribution is 2.19. The van der Waals surface area contributed by atoms with Crippen LogP contribution in [0.3, 0.4) is 0 Å². The molecule has 0 radical (unpaired) electrons. The van der Waals surface area contributed by atoms with Crippen molar-refractivity contribution < 1.29 is 34.8 Å². The summed E-state index contributed by atoms with van der Waals surface area (Å²) in [5.41, 5.74) is -2.86. The Labute approximate surface area is 107 Å². The third-order valence-electron chi connectivity index (χ3n) is 2.62. The van der Waals surface area contributed by atoms with Gasteiger partial charge in [-0.05, 0) is 6.92 Å².